The van der Waals surface area contributed by atoms with Crippen LogP contribution in [0.1, 0.15) is 21.6 Å². The molecule has 0 atom stereocenters. The van der Waals surface area contributed by atoms with Gasteiger partial charge in [-0.05, 0) is 31.2 Å². The van der Waals surface area contributed by atoms with Gasteiger partial charge in [-0.25, -0.2) is 9.37 Å². The van der Waals surface area contributed by atoms with Crippen LogP contribution in [0.5, 0.6) is 0 Å². The summed E-state index contributed by atoms with van der Waals surface area (Å²) >= 11 is 1.48. The normalized spacial score (nSPS) is 10.6. The fourth-order valence-corrected chi connectivity index (χ4v) is 3.14. The highest BCUT2D eigenvalue weighted by Crippen LogP contribution is 2.24. The number of nitrogens with one attached hydrogen (secondary N) is 1. The Bertz CT molecular complexity index is 843. The number of rotatable bonds is 5. The van der Waals surface area contributed by atoms with Gasteiger partial charge < -0.3 is 5.32 Å². The van der Waals surface area contributed by atoms with Crippen molar-refractivity contribution in [3.05, 3.63) is 76.5 Å². The van der Waals surface area contributed by atoms with Crippen molar-refractivity contribution in [2.75, 3.05) is 6.54 Å². The average Bonchev–Trinajstić information content (AvgIpc) is 3.04. The molecule has 24 heavy (non-hydrogen) atoms. The molecule has 122 valence electrons. The molecule has 0 aliphatic rings. The van der Waals surface area contributed by atoms with Crippen molar-refractivity contribution in [1.29, 1.82) is 0 Å². The van der Waals surface area contributed by atoms with E-state index in [0.717, 1.165) is 21.8 Å². The van der Waals surface area contributed by atoms with Gasteiger partial charge in [0.15, 0.2) is 0 Å². The minimum absolute atomic E-state index is 0.0874. The van der Waals surface area contributed by atoms with Crippen molar-refractivity contribution in [2.24, 2.45) is 0 Å². The Hall–Kier alpha value is -2.53. The molecule has 1 amide bonds. The topological polar surface area (TPSA) is 42.0 Å². The van der Waals surface area contributed by atoms with Crippen LogP contribution in [0, 0.1) is 12.7 Å². The van der Waals surface area contributed by atoms with Crippen LogP contribution in [0.15, 0.2) is 53.9 Å². The fourth-order valence-electron chi connectivity index (χ4n) is 2.29. The van der Waals surface area contributed by atoms with Crippen molar-refractivity contribution in [2.45, 2.75) is 13.3 Å². The number of benzene rings is 2. The Labute approximate surface area is 144 Å². The average molecular weight is 340 g/mol. The van der Waals surface area contributed by atoms with E-state index in [9.17, 15) is 9.18 Å². The van der Waals surface area contributed by atoms with E-state index in [2.05, 4.69) is 10.3 Å². The third-order valence-corrected chi connectivity index (χ3v) is 4.54. The zero-order valence-electron chi connectivity index (χ0n) is 13.3. The van der Waals surface area contributed by atoms with Gasteiger partial charge in [-0.2, -0.15) is 0 Å². The number of thiazole rings is 1. The zero-order valence-corrected chi connectivity index (χ0v) is 14.1. The lowest BCUT2D eigenvalue weighted by Crippen LogP contribution is -2.25. The number of aromatic nitrogens is 1. The summed E-state index contributed by atoms with van der Waals surface area (Å²) in [6.45, 7) is 2.50. The van der Waals surface area contributed by atoms with E-state index in [1.54, 1.807) is 6.07 Å². The van der Waals surface area contributed by atoms with E-state index in [0.29, 0.717) is 18.5 Å². The van der Waals surface area contributed by atoms with E-state index in [4.69, 9.17) is 0 Å². The Morgan fingerprint density at radius 3 is 2.75 bits per heavy atom. The molecule has 0 fully saturated rings. The summed E-state index contributed by atoms with van der Waals surface area (Å²) in [5, 5.41) is 5.62. The monoisotopic (exact) mass is 340 g/mol. The highest BCUT2D eigenvalue weighted by atomic mass is 32.1. The molecule has 0 aliphatic carbocycles. The predicted molar refractivity (Wildman–Crippen MR) is 94.7 cm³/mol. The van der Waals surface area contributed by atoms with Gasteiger partial charge in [0.25, 0.3) is 5.91 Å². The SMILES string of the molecule is Cc1ccc(C(=O)NCCc2csc(-c3cccc(F)c3)n2)cc1. The summed E-state index contributed by atoms with van der Waals surface area (Å²) in [5.74, 6) is -0.356. The third-order valence-electron chi connectivity index (χ3n) is 3.60. The number of halogens is 1. The molecule has 1 aromatic heterocycles. The number of aryl methyl sites for hydroxylation is 1. The number of carbonyl (C=O) groups excluding carboxylic acids is 1. The highest BCUT2D eigenvalue weighted by Gasteiger charge is 2.07. The molecule has 3 nitrogen and oxygen atoms in total. The maximum Gasteiger partial charge on any atom is 0.251 e. The first kappa shape index (κ1) is 16.3. The van der Waals surface area contributed by atoms with Gasteiger partial charge in [0, 0.05) is 29.5 Å². The summed E-state index contributed by atoms with van der Waals surface area (Å²) in [6.07, 6.45) is 0.642. The van der Waals surface area contributed by atoms with E-state index < -0.39 is 0 Å². The molecule has 0 unspecified atom stereocenters. The second-order valence-electron chi connectivity index (χ2n) is 5.53. The maximum atomic E-state index is 13.3. The van der Waals surface area contributed by atoms with Crippen LogP contribution in [0.4, 0.5) is 4.39 Å². The van der Waals surface area contributed by atoms with Gasteiger partial charge in [0.1, 0.15) is 10.8 Å². The molecule has 0 radical (unpaired) electrons. The van der Waals surface area contributed by atoms with Crippen LogP contribution >= 0.6 is 11.3 Å². The predicted octanol–water partition coefficient (Wildman–Crippen LogP) is 4.23. The highest BCUT2D eigenvalue weighted by molar-refractivity contribution is 7.13. The van der Waals surface area contributed by atoms with Crippen LogP contribution in [-0.4, -0.2) is 17.4 Å². The lowest BCUT2D eigenvalue weighted by Gasteiger charge is -2.04. The van der Waals surface area contributed by atoms with Gasteiger partial charge in [-0.15, -0.1) is 11.3 Å². The standard InChI is InChI=1S/C19H17FN2OS/c1-13-5-7-14(8-6-13)18(23)21-10-9-17-12-24-19(22-17)15-3-2-4-16(20)11-15/h2-8,11-12H,9-10H2,1H3,(H,21,23). The van der Waals surface area contributed by atoms with Crippen LogP contribution < -0.4 is 5.32 Å². The molecule has 1 N–H and O–H groups in total. The summed E-state index contributed by atoms with van der Waals surface area (Å²) in [4.78, 5) is 16.5. The second kappa shape index (κ2) is 7.36. The molecule has 0 spiro atoms. The van der Waals surface area contributed by atoms with Crippen molar-refractivity contribution < 1.29 is 9.18 Å². The van der Waals surface area contributed by atoms with E-state index in [1.807, 2.05) is 42.6 Å². The van der Waals surface area contributed by atoms with E-state index in [-0.39, 0.29) is 11.7 Å². The van der Waals surface area contributed by atoms with Crippen LogP contribution in [0.25, 0.3) is 10.6 Å². The molecule has 0 bridgehead atoms. The maximum absolute atomic E-state index is 13.3. The molecule has 0 aliphatic heterocycles. The van der Waals surface area contributed by atoms with Gasteiger partial charge in [0.2, 0.25) is 0 Å². The molecule has 0 saturated heterocycles. The minimum atomic E-state index is -0.269. The van der Waals surface area contributed by atoms with Gasteiger partial charge in [-0.3, -0.25) is 4.79 Å². The molecule has 3 rings (SSSR count). The molecule has 1 heterocycles. The first-order chi connectivity index (χ1) is 11.6. The second-order valence-corrected chi connectivity index (χ2v) is 6.38. The molecule has 0 saturated carbocycles. The number of hydrogen-bond acceptors (Lipinski definition) is 3. The van der Waals surface area contributed by atoms with Crippen LogP contribution in [-0.2, 0) is 6.42 Å². The number of hydrogen-bond donors (Lipinski definition) is 1. The molecule has 5 heteroatoms. The van der Waals surface area contributed by atoms with E-state index >= 15 is 0 Å². The van der Waals surface area contributed by atoms with Crippen molar-refractivity contribution in [1.82, 2.24) is 10.3 Å². The Balaban J connectivity index is 1.56. The number of nitrogens with zero attached hydrogens (tertiary/aromatic N) is 1. The van der Waals surface area contributed by atoms with Gasteiger partial charge >= 0.3 is 0 Å². The number of carbonyl (C=O) groups is 1. The largest absolute Gasteiger partial charge is 0.352 e. The lowest BCUT2D eigenvalue weighted by molar-refractivity contribution is 0.0954. The quantitative estimate of drug-likeness (QED) is 0.755. The lowest BCUT2D eigenvalue weighted by atomic mass is 10.1. The molecule has 2 aromatic carbocycles. The Morgan fingerprint density at radius 1 is 1.21 bits per heavy atom. The summed E-state index contributed by atoms with van der Waals surface area (Å²) in [5.41, 5.74) is 3.44. The van der Waals surface area contributed by atoms with Crippen LogP contribution in [0.2, 0.25) is 0 Å². The Kier molecular flexibility index (Phi) is 5.01. The van der Waals surface area contributed by atoms with Gasteiger partial charge in [0.05, 0.1) is 5.69 Å². The third kappa shape index (κ3) is 4.06. The first-order valence-corrected chi connectivity index (χ1v) is 8.55. The van der Waals surface area contributed by atoms with Gasteiger partial charge in [-0.1, -0.05) is 29.8 Å². The fraction of sp³-hybridized carbons (Fsp3) is 0.158. The molecular weight excluding hydrogens is 323 g/mol. The number of amides is 1. The summed E-state index contributed by atoms with van der Waals surface area (Å²) in [6, 6.07) is 13.9. The van der Waals surface area contributed by atoms with Crippen molar-refractivity contribution >= 4 is 17.2 Å². The zero-order chi connectivity index (χ0) is 16.9. The Morgan fingerprint density at radius 2 is 2.00 bits per heavy atom. The summed E-state index contributed by atoms with van der Waals surface area (Å²) in [7, 11) is 0. The van der Waals surface area contributed by atoms with Crippen molar-refractivity contribution in [3.8, 4) is 10.6 Å². The van der Waals surface area contributed by atoms with E-state index in [1.165, 1.54) is 23.5 Å². The summed E-state index contributed by atoms with van der Waals surface area (Å²) < 4.78 is 13.3. The molecular formula is C19H17FN2OS. The minimum Gasteiger partial charge on any atom is -0.352 e. The van der Waals surface area contributed by atoms with Crippen LogP contribution in [0.3, 0.4) is 0 Å². The van der Waals surface area contributed by atoms with Crippen molar-refractivity contribution in [3.63, 3.8) is 0 Å². The molecule has 3 aromatic rings. The first-order valence-electron chi connectivity index (χ1n) is 7.67. The smallest absolute Gasteiger partial charge is 0.251 e.